The highest BCUT2D eigenvalue weighted by atomic mass is 19.1. The maximum Gasteiger partial charge on any atom is 0.213 e. The first-order chi connectivity index (χ1) is 25.4. The number of nitrogens with zero attached hydrogens (tertiary/aromatic N) is 7. The number of morpholine rings is 1. The van der Waals surface area contributed by atoms with Gasteiger partial charge in [-0.25, -0.2) is 14.4 Å². The van der Waals surface area contributed by atoms with E-state index in [9.17, 15) is 4.79 Å². The Morgan fingerprint density at radius 2 is 1.85 bits per heavy atom. The van der Waals surface area contributed by atoms with Crippen molar-refractivity contribution in [2.45, 2.75) is 63.8 Å². The van der Waals surface area contributed by atoms with Crippen LogP contribution in [0, 0.1) is 5.82 Å². The Balaban J connectivity index is 1.12. The molecule has 3 saturated heterocycles. The van der Waals surface area contributed by atoms with Gasteiger partial charge in [0.2, 0.25) is 5.88 Å². The molecule has 4 aliphatic rings. The summed E-state index contributed by atoms with van der Waals surface area (Å²) in [6, 6.07) is 9.82. The average molecular weight is 713 g/mol. The van der Waals surface area contributed by atoms with Gasteiger partial charge in [0, 0.05) is 88.5 Å². The van der Waals surface area contributed by atoms with Crippen molar-refractivity contribution in [3.05, 3.63) is 76.1 Å². The molecule has 0 radical (unpaired) electrons. The molecule has 0 aliphatic carbocycles. The van der Waals surface area contributed by atoms with Crippen LogP contribution in [0.1, 0.15) is 49.8 Å². The Morgan fingerprint density at radius 1 is 1.02 bits per heavy atom. The van der Waals surface area contributed by atoms with Gasteiger partial charge in [0.15, 0.2) is 17.0 Å². The fourth-order valence-corrected chi connectivity index (χ4v) is 8.57. The Bertz CT molecular complexity index is 1940. The van der Waals surface area contributed by atoms with Gasteiger partial charge in [-0.2, -0.15) is 0 Å². The van der Waals surface area contributed by atoms with Crippen LogP contribution in [0.2, 0.25) is 0 Å². The number of nitrogen functional groups attached to an aromatic ring is 1. The molecule has 3 aromatic heterocycles. The second-order valence-corrected chi connectivity index (χ2v) is 14.6. The second-order valence-electron chi connectivity index (χ2n) is 14.6. The van der Waals surface area contributed by atoms with Gasteiger partial charge in [0.05, 0.1) is 49.2 Å². The third-order valence-electron chi connectivity index (χ3n) is 11.4. The van der Waals surface area contributed by atoms with Gasteiger partial charge in [0.1, 0.15) is 18.1 Å². The number of piperidine rings is 2. The van der Waals surface area contributed by atoms with Gasteiger partial charge in [-0.15, -0.1) is 0 Å². The molecule has 12 nitrogen and oxygen atoms in total. The van der Waals surface area contributed by atoms with Gasteiger partial charge in [-0.3, -0.25) is 14.6 Å². The number of hydrogen-bond donors (Lipinski definition) is 1. The minimum absolute atomic E-state index is 0.0270. The monoisotopic (exact) mass is 712 g/mol. The zero-order chi connectivity index (χ0) is 35.8. The molecule has 52 heavy (non-hydrogen) atoms. The quantitative estimate of drug-likeness (QED) is 0.266. The number of pyridine rings is 3. The predicted molar refractivity (Wildman–Crippen MR) is 200 cm³/mol. The topological polar surface area (TPSA) is 114 Å². The van der Waals surface area contributed by atoms with Crippen molar-refractivity contribution in [2.24, 2.45) is 0 Å². The van der Waals surface area contributed by atoms with Crippen LogP contribution in [-0.2, 0) is 17.8 Å². The standard InChI is InChI=1S/C39H49FN8O4/c1-26-25-52-39-36-32(19-33(40)37(39)45-12-8-29(9-13-45)44-14-16-51-17-15-44)38(49)28(23-48(26)36)22-47(21-27-7-10-42-35(18-27)50-2)31-4-3-11-46(24-31)30-5-6-34(41)43-20-30/h5-7,10,18-20,23,26,29,31H,3-4,8-9,11-17,21-22,24-25H2,1-2H3,(H2,41,43)/t26-,31-/m0/s1. The SMILES string of the molecule is COc1cc(CN(Cc2cn3c4c(c(N5CCC(N6CCOCC6)CC5)c(F)cc4c2=O)OC[C@@H]3C)[C@H]2CCCN(c3ccc(N)nc3)C2)ccn1. The van der Waals surface area contributed by atoms with Crippen LogP contribution in [0.5, 0.6) is 11.6 Å². The number of rotatable bonds is 9. The highest BCUT2D eigenvalue weighted by Crippen LogP contribution is 2.43. The number of halogens is 1. The number of ether oxygens (including phenoxy) is 3. The summed E-state index contributed by atoms with van der Waals surface area (Å²) in [7, 11) is 1.61. The van der Waals surface area contributed by atoms with Gasteiger partial charge < -0.3 is 34.3 Å². The van der Waals surface area contributed by atoms with Crippen molar-refractivity contribution in [2.75, 3.05) is 81.7 Å². The van der Waals surface area contributed by atoms with Gasteiger partial charge >= 0.3 is 0 Å². The van der Waals surface area contributed by atoms with E-state index in [-0.39, 0.29) is 17.5 Å². The molecule has 4 aromatic rings. The first kappa shape index (κ1) is 34.6. The molecular weight excluding hydrogens is 663 g/mol. The number of aromatic nitrogens is 3. The molecular formula is C39H49FN8O4. The molecule has 0 bridgehead atoms. The van der Waals surface area contributed by atoms with E-state index in [0.29, 0.717) is 65.3 Å². The van der Waals surface area contributed by atoms with E-state index in [2.05, 4.69) is 41.1 Å². The van der Waals surface area contributed by atoms with E-state index < -0.39 is 5.82 Å². The summed E-state index contributed by atoms with van der Waals surface area (Å²) in [6.07, 6.45) is 9.44. The zero-order valence-corrected chi connectivity index (χ0v) is 30.2. The maximum absolute atomic E-state index is 16.4. The zero-order valence-electron chi connectivity index (χ0n) is 30.2. The first-order valence-corrected chi connectivity index (χ1v) is 18.7. The van der Waals surface area contributed by atoms with Crippen LogP contribution in [0.4, 0.5) is 21.6 Å². The lowest BCUT2D eigenvalue weighted by molar-refractivity contribution is 0.0114. The molecule has 4 aliphatic heterocycles. The van der Waals surface area contributed by atoms with E-state index in [1.807, 2.05) is 36.7 Å². The smallest absolute Gasteiger partial charge is 0.213 e. The van der Waals surface area contributed by atoms with Gasteiger partial charge in [-0.05, 0) is 62.4 Å². The fourth-order valence-electron chi connectivity index (χ4n) is 8.57. The van der Waals surface area contributed by atoms with Crippen LogP contribution < -0.4 is 30.4 Å². The Morgan fingerprint density at radius 3 is 2.62 bits per heavy atom. The molecule has 7 heterocycles. The Labute approximate surface area is 303 Å². The lowest BCUT2D eigenvalue weighted by Gasteiger charge is -2.41. The molecule has 1 aromatic carbocycles. The van der Waals surface area contributed by atoms with Crippen LogP contribution >= 0.6 is 0 Å². The highest BCUT2D eigenvalue weighted by molar-refractivity contribution is 5.92. The second kappa shape index (κ2) is 14.9. The minimum Gasteiger partial charge on any atom is -0.487 e. The lowest BCUT2D eigenvalue weighted by atomic mass is 9.99. The summed E-state index contributed by atoms with van der Waals surface area (Å²) in [4.78, 5) is 32.5. The maximum atomic E-state index is 16.4. The average Bonchev–Trinajstić information content (AvgIpc) is 3.18. The molecule has 8 rings (SSSR count). The van der Waals surface area contributed by atoms with Crippen LogP contribution in [-0.4, -0.2) is 103 Å². The molecule has 276 valence electrons. The Kier molecular flexibility index (Phi) is 9.91. The van der Waals surface area contributed by atoms with Crippen molar-refractivity contribution >= 4 is 28.1 Å². The molecule has 2 N–H and O–H groups in total. The molecule has 0 unspecified atom stereocenters. The Hall–Kier alpha value is -4.46. The van der Waals surface area contributed by atoms with Crippen molar-refractivity contribution in [1.29, 1.82) is 0 Å². The van der Waals surface area contributed by atoms with E-state index >= 15 is 4.39 Å². The van der Waals surface area contributed by atoms with Crippen LogP contribution in [0.25, 0.3) is 10.9 Å². The fraction of sp³-hybridized carbons (Fsp3) is 0.513. The minimum atomic E-state index is -0.400. The highest BCUT2D eigenvalue weighted by Gasteiger charge is 2.34. The first-order valence-electron chi connectivity index (χ1n) is 18.7. The van der Waals surface area contributed by atoms with Crippen molar-refractivity contribution in [3.8, 4) is 11.6 Å². The van der Waals surface area contributed by atoms with Gasteiger partial charge in [-0.1, -0.05) is 0 Å². The third kappa shape index (κ3) is 6.89. The number of nitrogens with two attached hydrogens (primary N) is 1. The molecule has 3 fully saturated rings. The van der Waals surface area contributed by atoms with Crippen LogP contribution in [0.15, 0.2) is 53.7 Å². The van der Waals surface area contributed by atoms with Crippen molar-refractivity contribution in [1.82, 2.24) is 24.3 Å². The lowest BCUT2D eigenvalue weighted by Crippen LogP contribution is -2.49. The van der Waals surface area contributed by atoms with E-state index in [4.69, 9.17) is 19.9 Å². The van der Waals surface area contributed by atoms with Gasteiger partial charge in [0.25, 0.3) is 0 Å². The van der Waals surface area contributed by atoms with E-state index in [1.54, 1.807) is 13.3 Å². The number of hydrogen-bond acceptors (Lipinski definition) is 11. The third-order valence-corrected chi connectivity index (χ3v) is 11.4. The van der Waals surface area contributed by atoms with Crippen molar-refractivity contribution < 1.29 is 18.6 Å². The summed E-state index contributed by atoms with van der Waals surface area (Å²) in [5.41, 5.74) is 9.60. The normalized spacial score (nSPS) is 21.5. The van der Waals surface area contributed by atoms with Crippen molar-refractivity contribution in [3.63, 3.8) is 0 Å². The molecule has 0 spiro atoms. The summed E-state index contributed by atoms with van der Waals surface area (Å²) < 4.78 is 35.9. The van der Waals surface area contributed by atoms with E-state index in [0.717, 1.165) is 89.4 Å². The molecule has 0 amide bonds. The number of anilines is 3. The molecule has 13 heteroatoms. The number of benzene rings is 1. The summed E-state index contributed by atoms with van der Waals surface area (Å²) >= 11 is 0. The van der Waals surface area contributed by atoms with E-state index in [1.165, 1.54) is 6.07 Å². The largest absolute Gasteiger partial charge is 0.487 e. The molecule has 2 atom stereocenters. The number of methoxy groups -OCH3 is 1. The summed E-state index contributed by atoms with van der Waals surface area (Å²) in [5, 5.41) is 0.368. The molecule has 0 saturated carbocycles. The summed E-state index contributed by atoms with van der Waals surface area (Å²) in [6.45, 7) is 10.1. The predicted octanol–water partition coefficient (Wildman–Crippen LogP) is 4.45. The summed E-state index contributed by atoms with van der Waals surface area (Å²) in [5.74, 6) is 1.13. The van der Waals surface area contributed by atoms with Crippen LogP contribution in [0.3, 0.4) is 0 Å².